The molecular weight excluding hydrogens is 385 g/mol. The van der Waals surface area contributed by atoms with Crippen molar-refractivity contribution in [1.82, 2.24) is 0 Å². The van der Waals surface area contributed by atoms with Gasteiger partial charge in [0, 0.05) is 16.7 Å². The largest absolute Gasteiger partial charge is 0.493 e. The zero-order chi connectivity index (χ0) is 21.1. The minimum absolute atomic E-state index is 0.331. The first-order valence-corrected chi connectivity index (χ1v) is 9.56. The quantitative estimate of drug-likeness (QED) is 0.340. The molecule has 1 nitrogen and oxygen atoms in total. The number of hydrogen-bond acceptors (Lipinski definition) is 1. The molecule has 0 amide bonds. The number of benzene rings is 4. The van der Waals surface area contributed by atoms with E-state index in [2.05, 4.69) is 6.07 Å². The highest BCUT2D eigenvalue weighted by Gasteiger charge is 2.19. The molecule has 0 aliphatic heterocycles. The van der Waals surface area contributed by atoms with Gasteiger partial charge in [-0.2, -0.15) is 0 Å². The number of ether oxygens (including phenoxy) is 1. The van der Waals surface area contributed by atoms with Crippen molar-refractivity contribution in [2.75, 3.05) is 6.61 Å². The lowest BCUT2D eigenvalue weighted by Crippen LogP contribution is -1.99. The van der Waals surface area contributed by atoms with Crippen molar-refractivity contribution in [2.45, 2.75) is 6.92 Å². The molecule has 0 aliphatic rings. The van der Waals surface area contributed by atoms with Gasteiger partial charge in [0.1, 0.15) is 23.2 Å². The molecule has 1 radical (unpaired) electrons. The maximum absolute atomic E-state index is 13.6. The van der Waals surface area contributed by atoms with Gasteiger partial charge in [-0.05, 0) is 72.1 Å². The Kier molecular flexibility index (Phi) is 5.57. The van der Waals surface area contributed by atoms with E-state index in [1.165, 1.54) is 36.4 Å². The first-order chi connectivity index (χ1) is 14.6. The van der Waals surface area contributed by atoms with Gasteiger partial charge in [0.05, 0.1) is 6.61 Å². The van der Waals surface area contributed by atoms with Gasteiger partial charge in [0.2, 0.25) is 0 Å². The van der Waals surface area contributed by atoms with Crippen molar-refractivity contribution < 1.29 is 17.9 Å². The summed E-state index contributed by atoms with van der Waals surface area (Å²) in [7, 11) is 0. The van der Waals surface area contributed by atoms with Crippen LogP contribution in [0.1, 0.15) is 6.92 Å². The minimum atomic E-state index is -0.348. The molecule has 0 saturated carbocycles. The van der Waals surface area contributed by atoms with Gasteiger partial charge in [0.15, 0.2) is 0 Å². The van der Waals surface area contributed by atoms with Crippen LogP contribution in [0.2, 0.25) is 0 Å². The van der Waals surface area contributed by atoms with Gasteiger partial charge in [-0.3, -0.25) is 0 Å². The fourth-order valence-corrected chi connectivity index (χ4v) is 3.40. The van der Waals surface area contributed by atoms with Crippen LogP contribution >= 0.6 is 0 Å². The van der Waals surface area contributed by atoms with Crippen LogP contribution < -0.4 is 4.74 Å². The summed E-state index contributed by atoms with van der Waals surface area (Å²) in [6.07, 6.45) is 0. The average molecular weight is 403 g/mol. The Hall–Kier alpha value is -3.53. The van der Waals surface area contributed by atoms with E-state index in [1.807, 2.05) is 6.92 Å². The van der Waals surface area contributed by atoms with E-state index >= 15 is 0 Å². The highest BCUT2D eigenvalue weighted by atomic mass is 19.1. The predicted molar refractivity (Wildman–Crippen MR) is 113 cm³/mol. The molecule has 0 unspecified atom stereocenters. The fourth-order valence-electron chi connectivity index (χ4n) is 3.40. The number of halogens is 3. The Morgan fingerprint density at radius 1 is 0.667 bits per heavy atom. The lowest BCUT2D eigenvalue weighted by Gasteiger charge is -2.19. The average Bonchev–Trinajstić information content (AvgIpc) is 2.76. The zero-order valence-electron chi connectivity index (χ0n) is 16.3. The molecule has 0 heterocycles. The highest BCUT2D eigenvalue weighted by Crippen LogP contribution is 2.45. The minimum Gasteiger partial charge on any atom is -0.493 e. The van der Waals surface area contributed by atoms with Gasteiger partial charge >= 0.3 is 0 Å². The summed E-state index contributed by atoms with van der Waals surface area (Å²) in [4.78, 5) is 0. The van der Waals surface area contributed by atoms with Gasteiger partial charge < -0.3 is 4.74 Å². The van der Waals surface area contributed by atoms with Crippen molar-refractivity contribution in [1.29, 1.82) is 0 Å². The summed E-state index contributed by atoms with van der Waals surface area (Å²) < 4.78 is 46.6. The zero-order valence-corrected chi connectivity index (χ0v) is 16.3. The van der Waals surface area contributed by atoms with Gasteiger partial charge in [0.25, 0.3) is 0 Å². The predicted octanol–water partition coefficient (Wildman–Crippen LogP) is 7.30. The van der Waals surface area contributed by atoms with E-state index < -0.39 is 0 Å². The number of rotatable bonds is 5. The Bertz CT molecular complexity index is 1150. The molecule has 4 rings (SSSR count). The Morgan fingerprint density at radius 2 is 1.13 bits per heavy atom. The van der Waals surface area contributed by atoms with Crippen LogP contribution in [0.5, 0.6) is 5.75 Å². The van der Waals surface area contributed by atoms with Gasteiger partial charge in [-0.25, -0.2) is 13.2 Å². The maximum atomic E-state index is 13.6. The van der Waals surface area contributed by atoms with E-state index in [9.17, 15) is 13.2 Å². The van der Waals surface area contributed by atoms with Gasteiger partial charge in [-0.1, -0.05) is 36.4 Å². The summed E-state index contributed by atoms with van der Waals surface area (Å²) in [6.45, 7) is 2.27. The molecule has 0 aliphatic carbocycles. The molecule has 0 aromatic heterocycles. The summed E-state index contributed by atoms with van der Waals surface area (Å²) in [5.74, 6) is -0.440. The van der Waals surface area contributed by atoms with Crippen molar-refractivity contribution in [3.05, 3.63) is 102 Å². The lowest BCUT2D eigenvalue weighted by atomic mass is 9.89. The van der Waals surface area contributed by atoms with Crippen LogP contribution in [-0.2, 0) is 0 Å². The Balaban J connectivity index is 2.01. The standard InChI is InChI=1S/C26H18F3O/c1-2-30-26-24(18-5-11-21(28)12-6-18)16-15-23(17-3-9-20(27)10-4-17)25(26)19-7-13-22(29)14-8-19/h3-14,16H,2H2,1H3. The topological polar surface area (TPSA) is 9.23 Å². The van der Waals surface area contributed by atoms with Crippen molar-refractivity contribution in [2.24, 2.45) is 0 Å². The van der Waals surface area contributed by atoms with Crippen LogP contribution in [0.15, 0.2) is 78.9 Å². The molecule has 0 saturated heterocycles. The molecule has 0 fully saturated rings. The summed E-state index contributed by atoms with van der Waals surface area (Å²) in [6, 6.07) is 23.4. The molecule has 4 heteroatoms. The highest BCUT2D eigenvalue weighted by molar-refractivity contribution is 5.93. The second kappa shape index (κ2) is 8.46. The third-order valence-corrected chi connectivity index (χ3v) is 4.79. The normalized spacial score (nSPS) is 10.8. The SMILES string of the molecule is CCOc1c(-c2ccc(F)cc2)c[c]c(-c2ccc(F)cc2)c1-c1ccc(F)cc1. The molecule has 4 aromatic carbocycles. The van der Waals surface area contributed by atoms with Crippen LogP contribution in [0.3, 0.4) is 0 Å². The Morgan fingerprint density at radius 3 is 1.63 bits per heavy atom. The van der Waals surface area contributed by atoms with E-state index in [-0.39, 0.29) is 17.5 Å². The first kappa shape index (κ1) is 19.8. The van der Waals surface area contributed by atoms with Crippen LogP contribution in [-0.4, -0.2) is 6.61 Å². The van der Waals surface area contributed by atoms with Gasteiger partial charge in [-0.15, -0.1) is 0 Å². The maximum Gasteiger partial charge on any atom is 0.135 e. The first-order valence-electron chi connectivity index (χ1n) is 9.56. The molecule has 0 bridgehead atoms. The number of hydrogen-bond donors (Lipinski definition) is 0. The second-order valence-electron chi connectivity index (χ2n) is 6.74. The lowest BCUT2D eigenvalue weighted by molar-refractivity contribution is 0.343. The molecular formula is C26H18F3O. The smallest absolute Gasteiger partial charge is 0.135 e. The fraction of sp³-hybridized carbons (Fsp3) is 0.0769. The molecule has 149 valence electrons. The van der Waals surface area contributed by atoms with E-state index in [4.69, 9.17) is 4.74 Å². The van der Waals surface area contributed by atoms with Crippen LogP contribution in [0.25, 0.3) is 33.4 Å². The summed E-state index contributed by atoms with van der Waals surface area (Å²) in [5, 5.41) is 0. The molecule has 0 spiro atoms. The monoisotopic (exact) mass is 403 g/mol. The van der Waals surface area contributed by atoms with Crippen molar-refractivity contribution >= 4 is 0 Å². The summed E-state index contributed by atoms with van der Waals surface area (Å²) in [5.41, 5.74) is 4.41. The molecule has 0 atom stereocenters. The molecule has 30 heavy (non-hydrogen) atoms. The molecule has 0 N–H and O–H groups in total. The van der Waals surface area contributed by atoms with E-state index in [0.29, 0.717) is 23.5 Å². The van der Waals surface area contributed by atoms with Crippen LogP contribution in [0, 0.1) is 23.5 Å². The summed E-state index contributed by atoms with van der Waals surface area (Å²) >= 11 is 0. The second-order valence-corrected chi connectivity index (χ2v) is 6.74. The van der Waals surface area contributed by atoms with Crippen molar-refractivity contribution in [3.63, 3.8) is 0 Å². The third kappa shape index (κ3) is 3.94. The Labute approximate surface area is 173 Å². The molecule has 4 aromatic rings. The van der Waals surface area contributed by atoms with E-state index in [1.54, 1.807) is 42.5 Å². The van der Waals surface area contributed by atoms with Crippen molar-refractivity contribution in [3.8, 4) is 39.1 Å². The van der Waals surface area contributed by atoms with Crippen LogP contribution in [0.4, 0.5) is 13.2 Å². The van der Waals surface area contributed by atoms with E-state index in [0.717, 1.165) is 22.3 Å². The third-order valence-electron chi connectivity index (χ3n) is 4.79.